The second kappa shape index (κ2) is 6.52. The maximum absolute atomic E-state index is 12.4. The minimum absolute atomic E-state index is 0.241. The molecule has 3 rings (SSSR count). The lowest BCUT2D eigenvalue weighted by Crippen LogP contribution is -2.39. The number of nitrogens with one attached hydrogen (secondary N) is 1. The Labute approximate surface area is 144 Å². The quantitative estimate of drug-likeness (QED) is 0.859. The van der Waals surface area contributed by atoms with Crippen LogP contribution >= 0.6 is 11.6 Å². The maximum atomic E-state index is 12.4. The number of urea groups is 1. The number of halogens is 1. The first-order valence-corrected chi connectivity index (χ1v) is 7.68. The molecule has 0 saturated carbocycles. The first kappa shape index (κ1) is 16.3. The Kier molecular flexibility index (Phi) is 4.44. The smallest absolute Gasteiger partial charge is 0.323 e. The van der Waals surface area contributed by atoms with E-state index in [1.807, 2.05) is 13.0 Å². The van der Waals surface area contributed by atoms with Crippen LogP contribution in [-0.2, 0) is 13.1 Å². The molecule has 1 aromatic carbocycles. The molecule has 1 aliphatic rings. The molecule has 2 amide bonds. The fraction of sp³-hybridized carbons (Fsp3) is 0.312. The van der Waals surface area contributed by atoms with Crippen LogP contribution < -0.4 is 14.8 Å². The first-order chi connectivity index (χ1) is 11.5. The fourth-order valence-electron chi connectivity index (χ4n) is 2.66. The highest BCUT2D eigenvalue weighted by molar-refractivity contribution is 6.30. The number of rotatable bonds is 4. The number of amides is 2. The largest absolute Gasteiger partial charge is 0.497 e. The number of hydrogen-bond acceptors (Lipinski definition) is 5. The van der Waals surface area contributed by atoms with Crippen LogP contribution in [0.1, 0.15) is 16.7 Å². The van der Waals surface area contributed by atoms with E-state index in [1.54, 1.807) is 25.2 Å². The number of ether oxygens (including phenoxy) is 2. The Morgan fingerprint density at radius 2 is 2.08 bits per heavy atom. The van der Waals surface area contributed by atoms with Gasteiger partial charge in [0.1, 0.15) is 28.8 Å². The molecule has 1 N–H and O–H groups in total. The number of carbonyl (C=O) groups is 1. The summed E-state index contributed by atoms with van der Waals surface area (Å²) in [6, 6.07) is 3.47. The van der Waals surface area contributed by atoms with Gasteiger partial charge in [-0.1, -0.05) is 11.6 Å². The third-order valence-corrected chi connectivity index (χ3v) is 4.29. The molecule has 0 unspecified atom stereocenters. The number of aromatic nitrogens is 2. The SMILES string of the molecule is COc1cc(C)c(CN2Cc3c(Cl)ncnc3NC2=O)c(OC)c1. The van der Waals surface area contributed by atoms with Crippen LogP contribution in [-0.4, -0.2) is 35.1 Å². The lowest BCUT2D eigenvalue weighted by Gasteiger charge is -2.29. The van der Waals surface area contributed by atoms with Crippen LogP contribution in [0.4, 0.5) is 10.6 Å². The van der Waals surface area contributed by atoms with E-state index >= 15 is 0 Å². The second-order valence-corrected chi connectivity index (χ2v) is 5.76. The van der Waals surface area contributed by atoms with Gasteiger partial charge in [0.15, 0.2) is 0 Å². The maximum Gasteiger partial charge on any atom is 0.323 e. The Hall–Kier alpha value is -2.54. The van der Waals surface area contributed by atoms with E-state index in [-0.39, 0.29) is 6.03 Å². The molecule has 2 aromatic rings. The highest BCUT2D eigenvalue weighted by Gasteiger charge is 2.27. The summed E-state index contributed by atoms with van der Waals surface area (Å²) in [7, 11) is 3.19. The van der Waals surface area contributed by atoms with Crippen molar-refractivity contribution in [2.24, 2.45) is 0 Å². The van der Waals surface area contributed by atoms with Crippen molar-refractivity contribution in [3.63, 3.8) is 0 Å². The van der Waals surface area contributed by atoms with Crippen molar-refractivity contribution < 1.29 is 14.3 Å². The zero-order chi connectivity index (χ0) is 17.3. The Balaban J connectivity index is 1.92. The highest BCUT2D eigenvalue weighted by atomic mass is 35.5. The minimum Gasteiger partial charge on any atom is -0.497 e. The molecular weight excluding hydrogens is 332 g/mol. The Morgan fingerprint density at radius 1 is 1.29 bits per heavy atom. The normalized spacial score (nSPS) is 13.3. The zero-order valence-corrected chi connectivity index (χ0v) is 14.3. The fourth-order valence-corrected chi connectivity index (χ4v) is 2.85. The summed E-state index contributed by atoms with van der Waals surface area (Å²) in [6.45, 7) is 2.65. The van der Waals surface area contributed by atoms with Gasteiger partial charge in [0.05, 0.1) is 32.9 Å². The van der Waals surface area contributed by atoms with Crippen molar-refractivity contribution in [1.29, 1.82) is 0 Å². The van der Waals surface area contributed by atoms with E-state index in [4.69, 9.17) is 21.1 Å². The standard InChI is InChI=1S/C16H17ClN4O3/c1-9-4-10(23-2)5-13(24-3)11(9)6-21-7-12-14(17)18-8-19-15(12)20-16(21)22/h4-5,8H,6-7H2,1-3H3,(H,18,19,20,22). The van der Waals surface area contributed by atoms with Crippen molar-refractivity contribution in [2.75, 3.05) is 19.5 Å². The van der Waals surface area contributed by atoms with Gasteiger partial charge in [-0.15, -0.1) is 0 Å². The molecule has 0 fully saturated rings. The molecule has 0 atom stereocenters. The molecule has 126 valence electrons. The number of benzene rings is 1. The van der Waals surface area contributed by atoms with Gasteiger partial charge in [0.2, 0.25) is 0 Å². The van der Waals surface area contributed by atoms with Crippen LogP contribution in [0.2, 0.25) is 5.15 Å². The summed E-state index contributed by atoms with van der Waals surface area (Å²) in [5, 5.41) is 3.07. The van der Waals surface area contributed by atoms with Crippen molar-refractivity contribution in [3.05, 3.63) is 40.3 Å². The van der Waals surface area contributed by atoms with Gasteiger partial charge in [-0.05, 0) is 18.6 Å². The van der Waals surface area contributed by atoms with Gasteiger partial charge in [0.25, 0.3) is 0 Å². The number of methoxy groups -OCH3 is 2. The van der Waals surface area contributed by atoms with Crippen LogP contribution in [0.25, 0.3) is 0 Å². The monoisotopic (exact) mass is 348 g/mol. The summed E-state index contributed by atoms with van der Waals surface area (Å²) in [5.74, 6) is 1.83. The van der Waals surface area contributed by atoms with E-state index in [0.29, 0.717) is 41.1 Å². The number of hydrogen-bond donors (Lipinski definition) is 1. The van der Waals surface area contributed by atoms with Crippen molar-refractivity contribution in [3.8, 4) is 11.5 Å². The zero-order valence-electron chi connectivity index (χ0n) is 13.6. The average Bonchev–Trinajstić information content (AvgIpc) is 2.57. The van der Waals surface area contributed by atoms with Gasteiger partial charge < -0.3 is 14.4 Å². The number of fused-ring (bicyclic) bond motifs is 1. The van der Waals surface area contributed by atoms with Crippen LogP contribution in [0, 0.1) is 6.92 Å². The molecule has 24 heavy (non-hydrogen) atoms. The van der Waals surface area contributed by atoms with E-state index in [2.05, 4.69) is 15.3 Å². The van der Waals surface area contributed by atoms with Crippen molar-refractivity contribution in [1.82, 2.24) is 14.9 Å². The molecule has 8 heteroatoms. The number of aryl methyl sites for hydroxylation is 1. The minimum atomic E-state index is -0.241. The summed E-state index contributed by atoms with van der Waals surface area (Å²) in [4.78, 5) is 22.0. The predicted molar refractivity (Wildman–Crippen MR) is 89.6 cm³/mol. The molecule has 1 aliphatic heterocycles. The van der Waals surface area contributed by atoms with Gasteiger partial charge in [0, 0.05) is 11.6 Å². The van der Waals surface area contributed by atoms with Crippen LogP contribution in [0.3, 0.4) is 0 Å². The number of nitrogens with zero attached hydrogens (tertiary/aromatic N) is 3. The molecule has 1 aromatic heterocycles. The van der Waals surface area contributed by atoms with E-state index < -0.39 is 0 Å². The van der Waals surface area contributed by atoms with E-state index in [9.17, 15) is 4.79 Å². The molecule has 0 bridgehead atoms. The van der Waals surface area contributed by atoms with Gasteiger partial charge in [-0.2, -0.15) is 0 Å². The lowest BCUT2D eigenvalue weighted by atomic mass is 10.1. The molecule has 0 spiro atoms. The molecular formula is C16H17ClN4O3. The lowest BCUT2D eigenvalue weighted by molar-refractivity contribution is 0.202. The molecule has 0 saturated heterocycles. The molecule has 0 aliphatic carbocycles. The average molecular weight is 349 g/mol. The third-order valence-electron chi connectivity index (χ3n) is 3.96. The summed E-state index contributed by atoms with van der Waals surface area (Å²) < 4.78 is 10.7. The molecule has 7 nitrogen and oxygen atoms in total. The van der Waals surface area contributed by atoms with Crippen molar-refractivity contribution >= 4 is 23.4 Å². The van der Waals surface area contributed by atoms with E-state index in [1.165, 1.54) is 6.33 Å². The number of anilines is 1. The van der Waals surface area contributed by atoms with Gasteiger partial charge >= 0.3 is 6.03 Å². The van der Waals surface area contributed by atoms with Gasteiger partial charge in [-0.25, -0.2) is 14.8 Å². The molecule has 0 radical (unpaired) electrons. The molecule has 2 heterocycles. The van der Waals surface area contributed by atoms with Crippen molar-refractivity contribution in [2.45, 2.75) is 20.0 Å². The highest BCUT2D eigenvalue weighted by Crippen LogP contribution is 2.32. The van der Waals surface area contributed by atoms with Crippen LogP contribution in [0.5, 0.6) is 11.5 Å². The Bertz CT molecular complexity index is 797. The Morgan fingerprint density at radius 3 is 2.79 bits per heavy atom. The first-order valence-electron chi connectivity index (χ1n) is 7.30. The van der Waals surface area contributed by atoms with Gasteiger partial charge in [-0.3, -0.25) is 5.32 Å². The van der Waals surface area contributed by atoms with E-state index in [0.717, 1.165) is 11.1 Å². The summed E-state index contributed by atoms with van der Waals surface area (Å²) >= 11 is 6.12. The number of carbonyl (C=O) groups excluding carboxylic acids is 1. The summed E-state index contributed by atoms with van der Waals surface area (Å²) in [6.07, 6.45) is 1.33. The van der Waals surface area contributed by atoms with Crippen LogP contribution in [0.15, 0.2) is 18.5 Å². The summed E-state index contributed by atoms with van der Waals surface area (Å²) in [5.41, 5.74) is 2.58. The topological polar surface area (TPSA) is 76.6 Å². The second-order valence-electron chi connectivity index (χ2n) is 5.40. The third kappa shape index (κ3) is 2.94. The predicted octanol–water partition coefficient (Wildman–Crippen LogP) is 3.00.